The molecule has 0 aliphatic heterocycles. The van der Waals surface area contributed by atoms with Gasteiger partial charge in [-0.3, -0.25) is 0 Å². The Bertz CT molecular complexity index is 1490. The summed E-state index contributed by atoms with van der Waals surface area (Å²) >= 11 is 0. The van der Waals surface area contributed by atoms with Gasteiger partial charge in [0.05, 0.1) is 0 Å². The van der Waals surface area contributed by atoms with Crippen molar-refractivity contribution >= 4 is 63.5 Å². The molecule has 6 aromatic carbocycles. The molecule has 2 unspecified atom stereocenters. The molecule has 0 aromatic heterocycles. The van der Waals surface area contributed by atoms with Gasteiger partial charge in [0.25, 0.3) is 0 Å². The summed E-state index contributed by atoms with van der Waals surface area (Å²) in [6.45, 7) is 0. The average molecular weight is 685 g/mol. The Kier molecular flexibility index (Phi) is 13.4. The molecule has 0 saturated carbocycles. The van der Waals surface area contributed by atoms with E-state index in [2.05, 4.69) is 182 Å². The molecule has 0 nitrogen and oxygen atoms in total. The van der Waals surface area contributed by atoms with Crippen molar-refractivity contribution in [2.75, 3.05) is 37.0 Å². The third-order valence-electron chi connectivity index (χ3n) is 8.56. The van der Waals surface area contributed by atoms with Crippen molar-refractivity contribution < 1.29 is 0 Å². The number of benzene rings is 6. The summed E-state index contributed by atoms with van der Waals surface area (Å²) in [6.07, 6.45) is 8.97. The van der Waals surface area contributed by atoms with Crippen molar-refractivity contribution in [1.29, 1.82) is 0 Å². The first-order valence-electron chi connectivity index (χ1n) is 16.7. The van der Waals surface area contributed by atoms with Gasteiger partial charge in [-0.15, -0.1) is 0 Å². The van der Waals surface area contributed by atoms with Gasteiger partial charge in [0, 0.05) is 0 Å². The minimum atomic E-state index is -0.372. The van der Waals surface area contributed by atoms with Gasteiger partial charge in [-0.1, -0.05) is 198 Å². The molecule has 236 valence electrons. The molecule has 0 fully saturated rings. The minimum absolute atomic E-state index is 0.232. The first-order valence-corrected chi connectivity index (χ1v) is 23.2. The Labute approximate surface area is 287 Å². The molecule has 0 aliphatic carbocycles. The molecule has 0 N–H and O–H groups in total. The van der Waals surface area contributed by atoms with E-state index < -0.39 is 0 Å². The monoisotopic (exact) mass is 684 g/mol. The summed E-state index contributed by atoms with van der Waals surface area (Å²) in [7, 11) is -1.21. The molecular weight excluding hydrogens is 640 g/mol. The van der Waals surface area contributed by atoms with Gasteiger partial charge in [-0.05, 0) is 91.1 Å². The second-order valence-electron chi connectivity index (χ2n) is 11.6. The van der Waals surface area contributed by atoms with E-state index in [-0.39, 0.29) is 31.7 Å². The highest BCUT2D eigenvalue weighted by Crippen LogP contribution is 2.45. The highest BCUT2D eigenvalue weighted by atomic mass is 31.1. The van der Waals surface area contributed by atoms with Gasteiger partial charge in [0.2, 0.25) is 0 Å². The van der Waals surface area contributed by atoms with Crippen LogP contribution in [0.1, 0.15) is 6.42 Å². The summed E-state index contributed by atoms with van der Waals surface area (Å²) in [5.74, 6) is 0. The van der Waals surface area contributed by atoms with Crippen LogP contribution >= 0.6 is 31.7 Å². The zero-order valence-corrected chi connectivity index (χ0v) is 30.6. The Morgan fingerprint density at radius 2 is 0.468 bits per heavy atom. The normalized spacial score (nSPS) is 12.6. The third-order valence-corrected chi connectivity index (χ3v) is 19.6. The maximum atomic E-state index is 2.39. The van der Waals surface area contributed by atoms with Crippen LogP contribution in [0.25, 0.3) is 0 Å². The van der Waals surface area contributed by atoms with Crippen LogP contribution in [-0.2, 0) is 0 Å². The minimum Gasteiger partial charge on any atom is -0.0749 e. The van der Waals surface area contributed by atoms with E-state index in [1.807, 2.05) is 0 Å². The van der Waals surface area contributed by atoms with Crippen molar-refractivity contribution in [3.63, 3.8) is 0 Å². The smallest absolute Gasteiger partial charge is 0.0195 e. The molecule has 6 rings (SSSR count). The molecule has 0 radical (unpaired) electrons. The molecule has 0 amide bonds. The fraction of sp³-hybridized carbons (Fsp3) is 0.163. The summed E-state index contributed by atoms with van der Waals surface area (Å²) in [6, 6.07) is 67.9. The maximum Gasteiger partial charge on any atom is -0.0195 e. The summed E-state index contributed by atoms with van der Waals surface area (Å²) in [5.41, 5.74) is 0. The predicted molar refractivity (Wildman–Crippen MR) is 218 cm³/mol. The van der Waals surface area contributed by atoms with E-state index in [1.54, 1.807) is 10.6 Å². The summed E-state index contributed by atoms with van der Waals surface area (Å²) in [5, 5.41) is 9.13. The molecule has 6 aromatic rings. The topological polar surface area (TPSA) is 0 Å². The van der Waals surface area contributed by atoms with E-state index in [0.717, 1.165) is 0 Å². The van der Waals surface area contributed by atoms with Crippen LogP contribution in [0.3, 0.4) is 0 Å². The SMILES string of the molecule is c1ccc(P(CCCP(CCP(c2ccccc2)c2ccccc2)c2ccccc2)CCP(c2ccccc2)c2ccccc2)cc1. The van der Waals surface area contributed by atoms with Gasteiger partial charge in [0.1, 0.15) is 0 Å². The van der Waals surface area contributed by atoms with E-state index >= 15 is 0 Å². The number of hydrogen-bond acceptors (Lipinski definition) is 0. The first-order chi connectivity index (χ1) is 23.3. The van der Waals surface area contributed by atoms with E-state index in [4.69, 9.17) is 0 Å². The third kappa shape index (κ3) is 10.0. The van der Waals surface area contributed by atoms with Crippen LogP contribution in [0.15, 0.2) is 182 Å². The number of rotatable bonds is 16. The van der Waals surface area contributed by atoms with Crippen molar-refractivity contribution in [3.8, 4) is 0 Å². The van der Waals surface area contributed by atoms with E-state index in [9.17, 15) is 0 Å². The van der Waals surface area contributed by atoms with Crippen LogP contribution < -0.4 is 31.8 Å². The quantitative estimate of drug-likeness (QED) is 0.0893. The highest BCUT2D eigenvalue weighted by molar-refractivity contribution is 7.75. The second-order valence-corrected chi connectivity index (χ2v) is 21.3. The van der Waals surface area contributed by atoms with Crippen LogP contribution in [-0.4, -0.2) is 37.0 Å². The van der Waals surface area contributed by atoms with Gasteiger partial charge < -0.3 is 0 Å². The zero-order chi connectivity index (χ0) is 31.9. The van der Waals surface area contributed by atoms with Gasteiger partial charge in [-0.2, -0.15) is 0 Å². The molecule has 0 aliphatic rings. The van der Waals surface area contributed by atoms with Crippen LogP contribution in [0.2, 0.25) is 0 Å². The van der Waals surface area contributed by atoms with Crippen molar-refractivity contribution in [2.45, 2.75) is 6.42 Å². The first kappa shape index (κ1) is 33.9. The molecule has 4 heteroatoms. The Morgan fingerprint density at radius 1 is 0.234 bits per heavy atom. The van der Waals surface area contributed by atoms with E-state index in [0.29, 0.717) is 0 Å². The van der Waals surface area contributed by atoms with Gasteiger partial charge in [0.15, 0.2) is 0 Å². The van der Waals surface area contributed by atoms with Crippen LogP contribution in [0.5, 0.6) is 0 Å². The standard InChI is InChI=1S/C43H44P4/c1-7-20-38(21-8-1)44(34-36-46(40-24-11-3-12-25-40)41-26-13-4-14-27-41)32-19-33-45(39-22-9-2-10-23-39)35-37-47(42-28-15-5-16-29-42)43-30-17-6-18-31-43/h1-18,20-31H,19,32-37H2. The summed E-state index contributed by atoms with van der Waals surface area (Å²) in [4.78, 5) is 0. The number of hydrogen-bond donors (Lipinski definition) is 0. The molecule has 47 heavy (non-hydrogen) atoms. The second kappa shape index (κ2) is 18.5. The Morgan fingerprint density at radius 3 is 0.723 bits per heavy atom. The van der Waals surface area contributed by atoms with Crippen molar-refractivity contribution in [1.82, 2.24) is 0 Å². The van der Waals surface area contributed by atoms with E-state index in [1.165, 1.54) is 64.6 Å². The molecule has 0 spiro atoms. The molecule has 2 atom stereocenters. The van der Waals surface area contributed by atoms with Crippen LogP contribution in [0.4, 0.5) is 0 Å². The van der Waals surface area contributed by atoms with Gasteiger partial charge >= 0.3 is 0 Å². The average Bonchev–Trinajstić information content (AvgIpc) is 3.16. The van der Waals surface area contributed by atoms with Crippen LogP contribution in [0, 0.1) is 0 Å². The Hall–Kier alpha value is -2.96. The highest BCUT2D eigenvalue weighted by Gasteiger charge is 2.21. The fourth-order valence-corrected chi connectivity index (χ4v) is 17.4. The van der Waals surface area contributed by atoms with Crippen molar-refractivity contribution in [2.24, 2.45) is 0 Å². The lowest BCUT2D eigenvalue weighted by atomic mass is 10.4. The zero-order valence-electron chi connectivity index (χ0n) is 27.1. The maximum absolute atomic E-state index is 2.39. The molecular formula is C43H44P4. The lowest BCUT2D eigenvalue weighted by molar-refractivity contribution is 1.10. The molecule has 0 heterocycles. The predicted octanol–water partition coefficient (Wildman–Crippen LogP) is 9.26. The molecule has 0 saturated heterocycles. The fourth-order valence-electron chi connectivity index (χ4n) is 6.16. The lowest BCUT2D eigenvalue weighted by Crippen LogP contribution is -2.18. The lowest BCUT2D eigenvalue weighted by Gasteiger charge is -2.26. The summed E-state index contributed by atoms with van der Waals surface area (Å²) < 4.78 is 0. The largest absolute Gasteiger partial charge is 0.0749 e. The van der Waals surface area contributed by atoms with Gasteiger partial charge in [-0.25, -0.2) is 0 Å². The molecule has 0 bridgehead atoms. The van der Waals surface area contributed by atoms with Crippen molar-refractivity contribution in [3.05, 3.63) is 182 Å². The Balaban J connectivity index is 1.17.